The van der Waals surface area contributed by atoms with E-state index in [-0.39, 0.29) is 12.3 Å². The van der Waals surface area contributed by atoms with Gasteiger partial charge in [0.05, 0.1) is 7.11 Å². The third-order valence-corrected chi connectivity index (χ3v) is 5.54. The van der Waals surface area contributed by atoms with Crippen LogP contribution in [0, 0.1) is 0 Å². The molecule has 138 valence electrons. The molecule has 1 N–H and O–H groups in total. The standard InChI is InChI=1S/C17H18N2O6S/c1-10-9-26-16-14(15(21)18(16)13(10)17(22)23)19(24-2)12(20)8-25-11-6-4-3-5-7-11/h3-7,14,16H,8-9H2,1-2H3,(H,22,23)/t14?,16-/m0/s1. The molecule has 0 aromatic heterocycles. The van der Waals surface area contributed by atoms with E-state index in [2.05, 4.69) is 0 Å². The molecule has 0 bridgehead atoms. The van der Waals surface area contributed by atoms with E-state index in [1.54, 1.807) is 31.2 Å². The molecule has 26 heavy (non-hydrogen) atoms. The molecule has 2 atom stereocenters. The van der Waals surface area contributed by atoms with Gasteiger partial charge in [-0.3, -0.25) is 19.3 Å². The molecule has 0 radical (unpaired) electrons. The smallest absolute Gasteiger partial charge is 0.352 e. The number of nitrogens with zero attached hydrogens (tertiary/aromatic N) is 2. The molecule has 9 heteroatoms. The number of ether oxygens (including phenoxy) is 1. The summed E-state index contributed by atoms with van der Waals surface area (Å²) in [5.74, 6) is -1.15. The first kappa shape index (κ1) is 18.3. The van der Waals surface area contributed by atoms with Gasteiger partial charge in [-0.25, -0.2) is 9.86 Å². The maximum atomic E-state index is 12.5. The number of carbonyl (C=O) groups is 3. The molecule has 1 aromatic rings. The van der Waals surface area contributed by atoms with Crippen molar-refractivity contribution in [3.63, 3.8) is 0 Å². The Morgan fingerprint density at radius 3 is 2.65 bits per heavy atom. The van der Waals surface area contributed by atoms with Crippen molar-refractivity contribution in [2.24, 2.45) is 0 Å². The second-order valence-corrected chi connectivity index (χ2v) is 6.90. The summed E-state index contributed by atoms with van der Waals surface area (Å²) < 4.78 is 5.41. The Labute approximate surface area is 154 Å². The lowest BCUT2D eigenvalue weighted by atomic mass is 10.0. The number of amides is 2. The number of benzene rings is 1. The number of para-hydroxylation sites is 1. The summed E-state index contributed by atoms with van der Waals surface area (Å²) in [6.45, 7) is 1.39. The van der Waals surface area contributed by atoms with Gasteiger partial charge in [-0.15, -0.1) is 11.8 Å². The molecule has 1 unspecified atom stereocenters. The van der Waals surface area contributed by atoms with Crippen LogP contribution in [0.4, 0.5) is 0 Å². The van der Waals surface area contributed by atoms with Crippen LogP contribution in [0.3, 0.4) is 0 Å². The minimum atomic E-state index is -1.15. The lowest BCUT2D eigenvalue weighted by Crippen LogP contribution is -2.71. The fourth-order valence-electron chi connectivity index (χ4n) is 2.93. The maximum absolute atomic E-state index is 12.5. The fourth-order valence-corrected chi connectivity index (χ4v) is 4.26. The summed E-state index contributed by atoms with van der Waals surface area (Å²) >= 11 is 1.40. The van der Waals surface area contributed by atoms with Crippen molar-refractivity contribution in [2.75, 3.05) is 19.5 Å². The van der Waals surface area contributed by atoms with Crippen LogP contribution in [0.2, 0.25) is 0 Å². The first-order valence-electron chi connectivity index (χ1n) is 7.87. The van der Waals surface area contributed by atoms with Gasteiger partial charge in [0.2, 0.25) is 0 Å². The molecular weight excluding hydrogens is 360 g/mol. The highest BCUT2D eigenvalue weighted by Gasteiger charge is 2.57. The van der Waals surface area contributed by atoms with Crippen LogP contribution in [0.25, 0.3) is 0 Å². The van der Waals surface area contributed by atoms with Gasteiger partial charge in [-0.2, -0.15) is 0 Å². The van der Waals surface area contributed by atoms with E-state index >= 15 is 0 Å². The topological polar surface area (TPSA) is 96.4 Å². The summed E-state index contributed by atoms with van der Waals surface area (Å²) in [7, 11) is 1.29. The molecule has 2 heterocycles. The number of carboxylic acid groups (broad SMARTS) is 1. The largest absolute Gasteiger partial charge is 0.484 e. The normalized spacial score (nSPS) is 21.8. The number of fused-ring (bicyclic) bond motifs is 1. The van der Waals surface area contributed by atoms with Crippen molar-refractivity contribution in [1.29, 1.82) is 0 Å². The van der Waals surface area contributed by atoms with Crippen molar-refractivity contribution in [1.82, 2.24) is 9.96 Å². The minimum Gasteiger partial charge on any atom is -0.484 e. The molecule has 2 aliphatic heterocycles. The molecule has 1 aromatic carbocycles. The highest BCUT2D eigenvalue weighted by Crippen LogP contribution is 2.42. The monoisotopic (exact) mass is 378 g/mol. The predicted molar refractivity (Wildman–Crippen MR) is 93.0 cm³/mol. The maximum Gasteiger partial charge on any atom is 0.352 e. The second-order valence-electron chi connectivity index (χ2n) is 5.79. The number of hydrogen-bond donors (Lipinski definition) is 1. The zero-order valence-corrected chi connectivity index (χ0v) is 15.1. The van der Waals surface area contributed by atoms with Crippen LogP contribution in [0.15, 0.2) is 41.6 Å². The van der Waals surface area contributed by atoms with Crippen LogP contribution < -0.4 is 4.74 Å². The number of aliphatic carboxylic acids is 1. The lowest BCUT2D eigenvalue weighted by Gasteiger charge is -2.51. The zero-order chi connectivity index (χ0) is 18.8. The molecule has 8 nitrogen and oxygen atoms in total. The number of thioether (sulfide) groups is 1. The van der Waals surface area contributed by atoms with Crippen molar-refractivity contribution in [3.8, 4) is 5.75 Å². The van der Waals surface area contributed by atoms with E-state index in [0.29, 0.717) is 17.1 Å². The van der Waals surface area contributed by atoms with Gasteiger partial charge < -0.3 is 9.84 Å². The summed E-state index contributed by atoms with van der Waals surface area (Å²) in [4.78, 5) is 42.8. The van der Waals surface area contributed by atoms with Crippen LogP contribution in [0.1, 0.15) is 6.92 Å². The van der Waals surface area contributed by atoms with Crippen LogP contribution >= 0.6 is 11.8 Å². The molecule has 2 aliphatic rings. The van der Waals surface area contributed by atoms with E-state index < -0.39 is 29.2 Å². The third-order valence-electron chi connectivity index (χ3n) is 4.13. The molecule has 1 fully saturated rings. The molecule has 0 saturated carbocycles. The molecule has 0 spiro atoms. The number of hydroxylamine groups is 2. The first-order valence-corrected chi connectivity index (χ1v) is 8.92. The Morgan fingerprint density at radius 1 is 1.35 bits per heavy atom. The number of rotatable bonds is 6. The van der Waals surface area contributed by atoms with Gasteiger partial charge in [0.1, 0.15) is 16.8 Å². The van der Waals surface area contributed by atoms with Crippen LogP contribution in [-0.4, -0.2) is 63.7 Å². The summed E-state index contributed by atoms with van der Waals surface area (Å²) in [6, 6.07) is 7.94. The lowest BCUT2D eigenvalue weighted by molar-refractivity contribution is -0.209. The molecule has 3 rings (SSSR count). The van der Waals surface area contributed by atoms with E-state index in [9.17, 15) is 19.5 Å². The van der Waals surface area contributed by atoms with Gasteiger partial charge >= 0.3 is 5.97 Å². The fraction of sp³-hybridized carbons (Fsp3) is 0.353. The summed E-state index contributed by atoms with van der Waals surface area (Å²) in [6.07, 6.45) is 0. The van der Waals surface area contributed by atoms with Gasteiger partial charge in [0.15, 0.2) is 12.6 Å². The van der Waals surface area contributed by atoms with Crippen molar-refractivity contribution >= 4 is 29.5 Å². The van der Waals surface area contributed by atoms with Gasteiger partial charge in [-0.1, -0.05) is 18.2 Å². The third kappa shape index (κ3) is 3.15. The van der Waals surface area contributed by atoms with Crippen molar-refractivity contribution in [3.05, 3.63) is 41.6 Å². The average Bonchev–Trinajstić information content (AvgIpc) is 2.64. The number of β-lactam (4-membered cyclic amide) rings is 1. The van der Waals surface area contributed by atoms with E-state index in [0.717, 1.165) is 5.06 Å². The Bertz CT molecular complexity index is 766. The van der Waals surface area contributed by atoms with Crippen LogP contribution in [0.5, 0.6) is 5.75 Å². The van der Waals surface area contributed by atoms with Gasteiger partial charge in [-0.05, 0) is 24.6 Å². The van der Waals surface area contributed by atoms with Crippen molar-refractivity contribution < 1.29 is 29.1 Å². The number of carbonyl (C=O) groups excluding carboxylic acids is 2. The molecular formula is C17H18N2O6S. The molecule has 1 saturated heterocycles. The van der Waals surface area contributed by atoms with Gasteiger partial charge in [0, 0.05) is 5.75 Å². The molecule has 2 amide bonds. The van der Waals surface area contributed by atoms with Gasteiger partial charge in [0.25, 0.3) is 11.8 Å². The van der Waals surface area contributed by atoms with Crippen LogP contribution in [-0.2, 0) is 19.2 Å². The quantitative estimate of drug-likeness (QED) is 0.585. The van der Waals surface area contributed by atoms with E-state index in [1.807, 2.05) is 6.07 Å². The summed E-state index contributed by atoms with van der Waals surface area (Å²) in [5.41, 5.74) is 0.604. The first-order chi connectivity index (χ1) is 12.5. The number of carboxylic acids is 1. The zero-order valence-electron chi connectivity index (χ0n) is 14.2. The Morgan fingerprint density at radius 2 is 2.04 bits per heavy atom. The SMILES string of the molecule is CON(C(=O)COc1ccccc1)C1C(=O)N2C(C(=O)O)=C(C)CS[C@@H]12. The van der Waals surface area contributed by atoms with E-state index in [4.69, 9.17) is 9.57 Å². The summed E-state index contributed by atoms with van der Waals surface area (Å²) in [5, 5.41) is 9.84. The Kier molecular flexibility index (Phi) is 5.19. The second kappa shape index (κ2) is 7.38. The highest BCUT2D eigenvalue weighted by molar-refractivity contribution is 8.00. The predicted octanol–water partition coefficient (Wildman–Crippen LogP) is 1.10. The molecule has 0 aliphatic carbocycles. The Balaban J connectivity index is 1.71. The highest BCUT2D eigenvalue weighted by atomic mass is 32.2. The average molecular weight is 378 g/mol. The Hall–Kier alpha value is -2.52. The minimum absolute atomic E-state index is 0.0148. The van der Waals surface area contributed by atoms with E-state index in [1.165, 1.54) is 23.8 Å². The number of hydrogen-bond acceptors (Lipinski definition) is 6. The van der Waals surface area contributed by atoms with Crippen molar-refractivity contribution in [2.45, 2.75) is 18.3 Å².